The maximum absolute atomic E-state index is 12.3. The fourth-order valence-corrected chi connectivity index (χ4v) is 3.87. The molecule has 7 nitrogen and oxygen atoms in total. The van der Waals surface area contributed by atoms with Gasteiger partial charge in [-0.3, -0.25) is 4.79 Å². The first-order chi connectivity index (χ1) is 14.0. The largest absolute Gasteiger partial charge is 0.490 e. The van der Waals surface area contributed by atoms with Gasteiger partial charge in [-0.25, -0.2) is 0 Å². The second kappa shape index (κ2) is 10.2. The van der Waals surface area contributed by atoms with Crippen molar-refractivity contribution in [3.8, 4) is 11.5 Å². The summed E-state index contributed by atoms with van der Waals surface area (Å²) >= 11 is 5.73. The van der Waals surface area contributed by atoms with E-state index >= 15 is 0 Å². The molecule has 2 heterocycles. The van der Waals surface area contributed by atoms with E-state index in [0.717, 1.165) is 23.6 Å². The second-order valence-electron chi connectivity index (χ2n) is 7.34. The normalized spacial score (nSPS) is 22.3. The number of nitrogens with zero attached hydrogens (tertiary/aromatic N) is 2. The zero-order valence-electron chi connectivity index (χ0n) is 17.4. The van der Waals surface area contributed by atoms with Crippen LogP contribution in [0.15, 0.2) is 18.2 Å². The van der Waals surface area contributed by atoms with Gasteiger partial charge in [0.1, 0.15) is 4.99 Å². The van der Waals surface area contributed by atoms with Gasteiger partial charge in [0.15, 0.2) is 18.1 Å². The van der Waals surface area contributed by atoms with Gasteiger partial charge in [-0.15, -0.1) is 0 Å². The number of hydrogen-bond donors (Lipinski definition) is 0. The van der Waals surface area contributed by atoms with Crippen LogP contribution in [-0.2, 0) is 14.3 Å². The van der Waals surface area contributed by atoms with E-state index in [0.29, 0.717) is 44.4 Å². The summed E-state index contributed by atoms with van der Waals surface area (Å²) in [4.78, 5) is 17.0. The zero-order valence-corrected chi connectivity index (χ0v) is 18.2. The van der Waals surface area contributed by atoms with Crippen molar-refractivity contribution in [2.45, 2.75) is 33.0 Å². The summed E-state index contributed by atoms with van der Waals surface area (Å²) in [5, 5.41) is 0. The van der Waals surface area contributed by atoms with Gasteiger partial charge in [-0.2, -0.15) is 0 Å². The molecular formula is C21H30N2O5S. The third-order valence-corrected chi connectivity index (χ3v) is 5.41. The summed E-state index contributed by atoms with van der Waals surface area (Å²) in [7, 11) is 0. The Bertz CT molecular complexity index is 713. The molecule has 0 aromatic heterocycles. The highest BCUT2D eigenvalue weighted by Gasteiger charge is 2.25. The van der Waals surface area contributed by atoms with Crippen LogP contribution < -0.4 is 9.47 Å². The Morgan fingerprint density at radius 1 is 1.10 bits per heavy atom. The fraction of sp³-hybridized carbons (Fsp3) is 0.619. The Morgan fingerprint density at radius 3 is 2.45 bits per heavy atom. The van der Waals surface area contributed by atoms with Gasteiger partial charge in [0.05, 0.1) is 32.0 Å². The summed E-state index contributed by atoms with van der Waals surface area (Å²) in [5.74, 6) is 1.09. The number of carbonyl (C=O) groups is 1. The van der Waals surface area contributed by atoms with E-state index < -0.39 is 0 Å². The topological polar surface area (TPSA) is 60.5 Å². The molecule has 0 bridgehead atoms. The minimum atomic E-state index is -0.0494. The second-order valence-corrected chi connectivity index (χ2v) is 7.73. The average molecular weight is 423 g/mol. The van der Waals surface area contributed by atoms with Crippen LogP contribution in [0.3, 0.4) is 0 Å². The molecule has 1 aromatic carbocycles. The van der Waals surface area contributed by atoms with Gasteiger partial charge < -0.3 is 28.7 Å². The molecule has 29 heavy (non-hydrogen) atoms. The molecule has 1 amide bonds. The lowest BCUT2D eigenvalue weighted by Gasteiger charge is -2.37. The van der Waals surface area contributed by atoms with E-state index in [2.05, 4.69) is 18.7 Å². The van der Waals surface area contributed by atoms with E-state index in [1.165, 1.54) is 0 Å². The first-order valence-corrected chi connectivity index (χ1v) is 10.6. The minimum absolute atomic E-state index is 0.0254. The first kappa shape index (κ1) is 21.8. The van der Waals surface area contributed by atoms with Crippen molar-refractivity contribution in [3.63, 3.8) is 0 Å². The number of ether oxygens (including phenoxy) is 4. The summed E-state index contributed by atoms with van der Waals surface area (Å²) in [6, 6.07) is 5.64. The average Bonchev–Trinajstić information content (AvgIpc) is 2.72. The van der Waals surface area contributed by atoms with Crippen LogP contribution >= 0.6 is 12.2 Å². The van der Waals surface area contributed by atoms with E-state index in [1.54, 1.807) is 4.90 Å². The van der Waals surface area contributed by atoms with Crippen LogP contribution in [0.1, 0.15) is 26.3 Å². The number of rotatable bonds is 6. The van der Waals surface area contributed by atoms with Crippen LogP contribution in [0.25, 0.3) is 0 Å². The Morgan fingerprint density at radius 2 is 1.79 bits per heavy atom. The van der Waals surface area contributed by atoms with Crippen molar-refractivity contribution in [2.75, 3.05) is 52.6 Å². The van der Waals surface area contributed by atoms with Crippen LogP contribution in [0, 0.1) is 0 Å². The lowest BCUT2D eigenvalue weighted by molar-refractivity contribution is -0.137. The van der Waals surface area contributed by atoms with E-state index in [4.69, 9.17) is 31.2 Å². The van der Waals surface area contributed by atoms with Gasteiger partial charge in [0, 0.05) is 31.7 Å². The van der Waals surface area contributed by atoms with Gasteiger partial charge in [0.25, 0.3) is 5.91 Å². The molecular weight excluding hydrogens is 392 g/mol. The molecule has 1 aromatic rings. The highest BCUT2D eigenvalue weighted by atomic mass is 32.1. The van der Waals surface area contributed by atoms with Gasteiger partial charge in [-0.05, 0) is 39.0 Å². The molecule has 8 heteroatoms. The number of carbonyl (C=O) groups excluding carboxylic acids is 1. The molecule has 0 aliphatic carbocycles. The molecule has 2 fully saturated rings. The van der Waals surface area contributed by atoms with E-state index in [-0.39, 0.29) is 24.7 Å². The highest BCUT2D eigenvalue weighted by Crippen LogP contribution is 2.30. The molecule has 3 rings (SSSR count). The number of morpholine rings is 2. The number of thiocarbonyl (C=S) groups is 1. The molecule has 0 N–H and O–H groups in total. The van der Waals surface area contributed by atoms with Crippen LogP contribution in [-0.4, -0.2) is 85.5 Å². The maximum Gasteiger partial charge on any atom is 0.260 e. The molecule has 2 atom stereocenters. The molecule has 2 saturated heterocycles. The molecule has 0 saturated carbocycles. The lowest BCUT2D eigenvalue weighted by atomic mass is 10.1. The fourth-order valence-electron chi connectivity index (χ4n) is 3.60. The van der Waals surface area contributed by atoms with Crippen LogP contribution in [0.2, 0.25) is 0 Å². The van der Waals surface area contributed by atoms with Crippen molar-refractivity contribution in [2.24, 2.45) is 0 Å². The van der Waals surface area contributed by atoms with Crippen molar-refractivity contribution < 1.29 is 23.7 Å². The van der Waals surface area contributed by atoms with Crippen LogP contribution in [0.5, 0.6) is 11.5 Å². The summed E-state index contributed by atoms with van der Waals surface area (Å²) in [5.41, 5.74) is 0.900. The third kappa shape index (κ3) is 5.81. The first-order valence-electron chi connectivity index (χ1n) is 10.2. The number of amides is 1. The molecule has 2 aliphatic rings. The minimum Gasteiger partial charge on any atom is -0.490 e. The summed E-state index contributed by atoms with van der Waals surface area (Å²) < 4.78 is 22.6. The number of benzene rings is 1. The van der Waals surface area contributed by atoms with Crippen molar-refractivity contribution in [1.29, 1.82) is 0 Å². The Hall–Kier alpha value is -1.90. The quantitative estimate of drug-likeness (QED) is 0.651. The Kier molecular flexibility index (Phi) is 7.69. The predicted molar refractivity (Wildman–Crippen MR) is 114 cm³/mol. The Labute approximate surface area is 177 Å². The molecule has 160 valence electrons. The highest BCUT2D eigenvalue weighted by molar-refractivity contribution is 7.80. The van der Waals surface area contributed by atoms with Crippen molar-refractivity contribution in [1.82, 2.24) is 9.80 Å². The molecule has 0 spiro atoms. The summed E-state index contributed by atoms with van der Waals surface area (Å²) in [6.07, 6.45) is 0.272. The summed E-state index contributed by atoms with van der Waals surface area (Å²) in [6.45, 7) is 10.4. The van der Waals surface area contributed by atoms with E-state index in [1.807, 2.05) is 25.1 Å². The third-order valence-electron chi connectivity index (χ3n) is 4.91. The van der Waals surface area contributed by atoms with Crippen molar-refractivity contribution in [3.05, 3.63) is 23.8 Å². The molecule has 0 radical (unpaired) electrons. The van der Waals surface area contributed by atoms with Gasteiger partial charge in [0.2, 0.25) is 0 Å². The molecule has 2 aliphatic heterocycles. The van der Waals surface area contributed by atoms with Gasteiger partial charge in [-0.1, -0.05) is 12.2 Å². The predicted octanol–water partition coefficient (Wildman–Crippen LogP) is 2.11. The smallest absolute Gasteiger partial charge is 0.260 e. The standard InChI is InChI=1S/C21H30N2O5S/c1-4-26-19-11-17(21(29)23-12-15(2)28-16(3)13-23)5-6-18(19)27-14-20(24)22-7-9-25-10-8-22/h5-6,11,15-16H,4,7-10,12-14H2,1-3H3/t15-,16-/m1/s1. The SMILES string of the molecule is CCOc1cc(C(=S)N2C[C@@H](C)O[C@H](C)C2)ccc1OCC(=O)N1CCOCC1. The Balaban J connectivity index is 1.67. The van der Waals surface area contributed by atoms with Crippen LogP contribution in [0.4, 0.5) is 0 Å². The van der Waals surface area contributed by atoms with Gasteiger partial charge >= 0.3 is 0 Å². The molecule has 0 unspecified atom stereocenters. The monoisotopic (exact) mass is 422 g/mol. The lowest BCUT2D eigenvalue weighted by Crippen LogP contribution is -2.47. The van der Waals surface area contributed by atoms with Crippen molar-refractivity contribution >= 4 is 23.1 Å². The van der Waals surface area contributed by atoms with E-state index in [9.17, 15) is 4.79 Å². The number of hydrogen-bond acceptors (Lipinski definition) is 6. The maximum atomic E-state index is 12.3. The zero-order chi connectivity index (χ0) is 20.8.